The number of hydrogen-bond donors (Lipinski definition) is 1. The number of nitrogens with zero attached hydrogens (tertiary/aromatic N) is 1. The summed E-state index contributed by atoms with van der Waals surface area (Å²) in [6, 6.07) is 13.7. The molecule has 1 amide bonds. The van der Waals surface area contributed by atoms with E-state index >= 15 is 0 Å². The Morgan fingerprint density at radius 1 is 1.07 bits per heavy atom. The molecule has 27 heavy (non-hydrogen) atoms. The standard InChI is InChI=1S/C20H22N2O4S/c1-21-27(25,26)17-9-4-7-16(14-17)19(23)11-12-20(24)22-13-5-8-15-6-2-3-10-18(15)22/h2-4,6-7,9-10,14,21H,5,8,11-13H2,1H3. The minimum absolute atomic E-state index is 0.0344. The topological polar surface area (TPSA) is 83.5 Å². The second-order valence-corrected chi connectivity index (χ2v) is 8.32. The molecule has 1 N–H and O–H groups in total. The highest BCUT2D eigenvalue weighted by Crippen LogP contribution is 2.27. The number of nitrogens with one attached hydrogen (secondary N) is 1. The number of Topliss-reactive ketones (excluding diaryl/α,β-unsaturated/α-hetero) is 1. The fraction of sp³-hybridized carbons (Fsp3) is 0.300. The zero-order chi connectivity index (χ0) is 19.4. The minimum Gasteiger partial charge on any atom is -0.312 e. The molecule has 0 aliphatic carbocycles. The van der Waals surface area contributed by atoms with E-state index in [4.69, 9.17) is 0 Å². The van der Waals surface area contributed by atoms with Crippen molar-refractivity contribution in [3.63, 3.8) is 0 Å². The molecule has 6 nitrogen and oxygen atoms in total. The van der Waals surface area contributed by atoms with Gasteiger partial charge in [-0.05, 0) is 43.7 Å². The fourth-order valence-corrected chi connectivity index (χ4v) is 4.02. The van der Waals surface area contributed by atoms with E-state index in [1.54, 1.807) is 11.0 Å². The molecule has 0 saturated heterocycles. The Balaban J connectivity index is 1.68. The van der Waals surface area contributed by atoms with Crippen LogP contribution in [0.5, 0.6) is 0 Å². The first-order chi connectivity index (χ1) is 12.9. The third-order valence-electron chi connectivity index (χ3n) is 4.71. The van der Waals surface area contributed by atoms with Crippen LogP contribution in [0.4, 0.5) is 5.69 Å². The Morgan fingerprint density at radius 2 is 1.85 bits per heavy atom. The van der Waals surface area contributed by atoms with E-state index in [9.17, 15) is 18.0 Å². The number of carbonyl (C=O) groups is 2. The van der Waals surface area contributed by atoms with Gasteiger partial charge in [0.2, 0.25) is 15.9 Å². The lowest BCUT2D eigenvalue weighted by molar-refractivity contribution is -0.118. The number of fused-ring (bicyclic) bond motifs is 1. The third-order valence-corrected chi connectivity index (χ3v) is 6.12. The maximum atomic E-state index is 12.6. The number of carbonyl (C=O) groups excluding carboxylic acids is 2. The SMILES string of the molecule is CNS(=O)(=O)c1cccc(C(=O)CCC(=O)N2CCCc3ccccc32)c1. The Hall–Kier alpha value is -2.51. The molecule has 3 rings (SSSR count). The van der Waals surface area contributed by atoms with Crippen LogP contribution in [-0.2, 0) is 21.2 Å². The molecule has 1 aliphatic rings. The van der Waals surface area contributed by atoms with Crippen LogP contribution in [-0.4, -0.2) is 33.7 Å². The first kappa shape index (κ1) is 19.3. The van der Waals surface area contributed by atoms with Gasteiger partial charge >= 0.3 is 0 Å². The predicted molar refractivity (Wildman–Crippen MR) is 103 cm³/mol. The van der Waals surface area contributed by atoms with Crippen LogP contribution in [0.2, 0.25) is 0 Å². The van der Waals surface area contributed by atoms with Crippen molar-refractivity contribution in [1.82, 2.24) is 4.72 Å². The summed E-state index contributed by atoms with van der Waals surface area (Å²) < 4.78 is 26.0. The Kier molecular flexibility index (Phi) is 5.72. The predicted octanol–water partition coefficient (Wildman–Crippen LogP) is 2.54. The molecular weight excluding hydrogens is 364 g/mol. The summed E-state index contributed by atoms with van der Waals surface area (Å²) in [5.74, 6) is -0.337. The zero-order valence-corrected chi connectivity index (χ0v) is 16.0. The summed E-state index contributed by atoms with van der Waals surface area (Å²) in [4.78, 5) is 26.9. The summed E-state index contributed by atoms with van der Waals surface area (Å²) in [6.45, 7) is 0.653. The molecule has 2 aromatic rings. The molecular formula is C20H22N2O4S. The van der Waals surface area contributed by atoms with Crippen molar-refractivity contribution in [2.45, 2.75) is 30.6 Å². The van der Waals surface area contributed by atoms with Crippen molar-refractivity contribution >= 4 is 27.4 Å². The maximum absolute atomic E-state index is 12.6. The highest BCUT2D eigenvalue weighted by molar-refractivity contribution is 7.89. The van der Waals surface area contributed by atoms with Gasteiger partial charge in [-0.3, -0.25) is 9.59 Å². The molecule has 0 aromatic heterocycles. The number of anilines is 1. The van der Waals surface area contributed by atoms with E-state index in [0.29, 0.717) is 6.54 Å². The zero-order valence-electron chi connectivity index (χ0n) is 15.1. The van der Waals surface area contributed by atoms with Gasteiger partial charge in [-0.15, -0.1) is 0 Å². The quantitative estimate of drug-likeness (QED) is 0.774. The van der Waals surface area contributed by atoms with Crippen LogP contribution in [0, 0.1) is 0 Å². The second kappa shape index (κ2) is 8.02. The van der Waals surface area contributed by atoms with E-state index < -0.39 is 10.0 Å². The van der Waals surface area contributed by atoms with Gasteiger partial charge in [0, 0.05) is 30.6 Å². The summed E-state index contributed by atoms with van der Waals surface area (Å²) in [7, 11) is -2.30. The summed E-state index contributed by atoms with van der Waals surface area (Å²) in [6.07, 6.45) is 1.99. The van der Waals surface area contributed by atoms with Gasteiger partial charge in [0.05, 0.1) is 4.90 Å². The average Bonchev–Trinajstić information content (AvgIpc) is 2.71. The largest absolute Gasteiger partial charge is 0.312 e. The van der Waals surface area contributed by atoms with Crippen LogP contribution in [0.25, 0.3) is 0 Å². The van der Waals surface area contributed by atoms with Crippen LogP contribution < -0.4 is 9.62 Å². The van der Waals surface area contributed by atoms with E-state index in [2.05, 4.69) is 4.72 Å². The monoisotopic (exact) mass is 386 g/mol. The molecule has 2 aromatic carbocycles. The van der Waals surface area contributed by atoms with Gasteiger partial charge in [0.15, 0.2) is 5.78 Å². The number of amides is 1. The van der Waals surface area contributed by atoms with Crippen LogP contribution >= 0.6 is 0 Å². The Bertz CT molecular complexity index is 969. The molecule has 0 fully saturated rings. The van der Waals surface area contributed by atoms with Crippen LogP contribution in [0.3, 0.4) is 0 Å². The summed E-state index contributed by atoms with van der Waals surface area (Å²) in [5.41, 5.74) is 2.36. The first-order valence-corrected chi connectivity index (χ1v) is 10.4. The number of benzene rings is 2. The second-order valence-electron chi connectivity index (χ2n) is 6.44. The number of aryl methyl sites for hydroxylation is 1. The van der Waals surface area contributed by atoms with E-state index in [0.717, 1.165) is 24.1 Å². The van der Waals surface area contributed by atoms with E-state index in [-0.39, 0.29) is 35.0 Å². The van der Waals surface area contributed by atoms with Gasteiger partial charge < -0.3 is 4.90 Å². The smallest absolute Gasteiger partial charge is 0.240 e. The number of ketones is 1. The van der Waals surface area contributed by atoms with Crippen LogP contribution in [0.1, 0.15) is 35.2 Å². The van der Waals surface area contributed by atoms with Crippen molar-refractivity contribution < 1.29 is 18.0 Å². The molecule has 0 atom stereocenters. The van der Waals surface area contributed by atoms with Gasteiger partial charge in [-0.2, -0.15) is 0 Å². The average molecular weight is 386 g/mol. The molecule has 1 heterocycles. The normalized spacial score (nSPS) is 13.9. The van der Waals surface area contributed by atoms with Crippen molar-refractivity contribution in [1.29, 1.82) is 0 Å². The van der Waals surface area contributed by atoms with Crippen molar-refractivity contribution in [2.24, 2.45) is 0 Å². The summed E-state index contributed by atoms with van der Waals surface area (Å²) in [5, 5.41) is 0. The Morgan fingerprint density at radius 3 is 2.63 bits per heavy atom. The van der Waals surface area contributed by atoms with Gasteiger partial charge in [0.1, 0.15) is 0 Å². The van der Waals surface area contributed by atoms with Gasteiger partial charge in [-0.25, -0.2) is 13.1 Å². The molecule has 7 heteroatoms. The fourth-order valence-electron chi connectivity index (χ4n) is 3.25. The highest BCUT2D eigenvalue weighted by atomic mass is 32.2. The molecule has 0 unspecified atom stereocenters. The van der Waals surface area contributed by atoms with Gasteiger partial charge in [0.25, 0.3) is 0 Å². The molecule has 0 saturated carbocycles. The minimum atomic E-state index is -3.61. The molecule has 0 radical (unpaired) electrons. The molecule has 142 valence electrons. The number of hydrogen-bond acceptors (Lipinski definition) is 4. The van der Waals surface area contributed by atoms with Crippen molar-refractivity contribution in [3.8, 4) is 0 Å². The molecule has 0 spiro atoms. The van der Waals surface area contributed by atoms with Gasteiger partial charge in [-0.1, -0.05) is 30.3 Å². The van der Waals surface area contributed by atoms with Crippen LogP contribution in [0.15, 0.2) is 53.4 Å². The molecule has 0 bridgehead atoms. The Labute approximate surface area is 159 Å². The maximum Gasteiger partial charge on any atom is 0.240 e. The number of sulfonamides is 1. The first-order valence-electron chi connectivity index (χ1n) is 8.87. The number of rotatable bonds is 6. The lowest BCUT2D eigenvalue weighted by Crippen LogP contribution is -2.35. The van der Waals surface area contributed by atoms with E-state index in [1.807, 2.05) is 24.3 Å². The summed E-state index contributed by atoms with van der Waals surface area (Å²) >= 11 is 0. The third kappa shape index (κ3) is 4.26. The number of para-hydroxylation sites is 1. The lowest BCUT2D eigenvalue weighted by Gasteiger charge is -2.29. The highest BCUT2D eigenvalue weighted by Gasteiger charge is 2.23. The molecule has 1 aliphatic heterocycles. The van der Waals surface area contributed by atoms with Crippen molar-refractivity contribution in [3.05, 3.63) is 59.7 Å². The van der Waals surface area contributed by atoms with Crippen molar-refractivity contribution in [2.75, 3.05) is 18.5 Å². The van der Waals surface area contributed by atoms with E-state index in [1.165, 1.54) is 25.2 Å². The lowest BCUT2D eigenvalue weighted by atomic mass is 10.0.